The van der Waals surface area contributed by atoms with Gasteiger partial charge in [-0.05, 0) is 43.0 Å². The molecule has 0 fully saturated rings. The van der Waals surface area contributed by atoms with Gasteiger partial charge in [0.15, 0.2) is 5.78 Å². The van der Waals surface area contributed by atoms with Gasteiger partial charge in [0.1, 0.15) is 18.3 Å². The fourth-order valence-corrected chi connectivity index (χ4v) is 4.46. The minimum absolute atomic E-state index is 0.0979. The third-order valence-electron chi connectivity index (χ3n) is 5.98. The van der Waals surface area contributed by atoms with Gasteiger partial charge in [0.25, 0.3) is 0 Å². The molecule has 0 saturated heterocycles. The zero-order valence-electron chi connectivity index (χ0n) is 17.9. The van der Waals surface area contributed by atoms with Crippen molar-refractivity contribution in [3.63, 3.8) is 0 Å². The van der Waals surface area contributed by atoms with Crippen LogP contribution >= 0.6 is 0 Å². The van der Waals surface area contributed by atoms with Crippen LogP contribution in [0.25, 0.3) is 0 Å². The summed E-state index contributed by atoms with van der Waals surface area (Å²) in [5.74, 6) is -0.596. The summed E-state index contributed by atoms with van der Waals surface area (Å²) in [7, 11) is 1.61. The Labute approximate surface area is 182 Å². The molecule has 1 aliphatic carbocycles. The maximum Gasteiger partial charge on any atom is 0.316 e. The van der Waals surface area contributed by atoms with Gasteiger partial charge in [-0.1, -0.05) is 48.5 Å². The number of methoxy groups -OCH3 is 1. The topological polar surface area (TPSA) is 64.6 Å². The van der Waals surface area contributed by atoms with E-state index in [1.165, 1.54) is 0 Å². The van der Waals surface area contributed by atoms with E-state index in [0.717, 1.165) is 41.0 Å². The number of nitrogens with one attached hydrogen (secondary N) is 1. The second kappa shape index (κ2) is 8.80. The van der Waals surface area contributed by atoms with Crippen molar-refractivity contribution in [2.45, 2.75) is 38.7 Å². The molecule has 31 heavy (non-hydrogen) atoms. The van der Waals surface area contributed by atoms with E-state index >= 15 is 0 Å². The number of benzene rings is 2. The Balaban J connectivity index is 1.65. The maximum atomic E-state index is 13.3. The minimum atomic E-state index is -0.666. The summed E-state index contributed by atoms with van der Waals surface area (Å²) in [6.45, 7) is 6.29. The Morgan fingerprint density at radius 1 is 1.16 bits per heavy atom. The van der Waals surface area contributed by atoms with E-state index in [9.17, 15) is 9.59 Å². The van der Waals surface area contributed by atoms with E-state index in [1.54, 1.807) is 7.11 Å². The van der Waals surface area contributed by atoms with Crippen molar-refractivity contribution in [3.05, 3.63) is 88.8 Å². The summed E-state index contributed by atoms with van der Waals surface area (Å²) in [6.07, 6.45) is 2.10. The highest BCUT2D eigenvalue weighted by Gasteiger charge is 2.43. The van der Waals surface area contributed by atoms with Gasteiger partial charge in [0, 0.05) is 29.3 Å². The molecule has 0 amide bonds. The molecule has 0 bridgehead atoms. The summed E-state index contributed by atoms with van der Waals surface area (Å²) in [4.78, 5) is 26.2. The molecule has 0 spiro atoms. The Kier molecular flexibility index (Phi) is 5.94. The van der Waals surface area contributed by atoms with Crippen LogP contribution < -0.4 is 10.1 Å². The van der Waals surface area contributed by atoms with E-state index in [4.69, 9.17) is 9.47 Å². The molecule has 0 radical (unpaired) electrons. The lowest BCUT2D eigenvalue weighted by atomic mass is 9.71. The Morgan fingerprint density at radius 2 is 1.94 bits per heavy atom. The SMILES string of the molecule is C=C1NC2=C(C(=O)CCC2)C(c2cccc(C)c2)C1C(=O)OCc1ccc(OC)cc1. The number of hydrogen-bond donors (Lipinski definition) is 1. The number of rotatable bonds is 5. The summed E-state index contributed by atoms with van der Waals surface area (Å²) >= 11 is 0. The van der Waals surface area contributed by atoms with Crippen LogP contribution in [-0.2, 0) is 20.9 Å². The summed E-state index contributed by atoms with van der Waals surface area (Å²) < 4.78 is 10.9. The standard InChI is InChI=1S/C26H27NO4/c1-16-6-4-7-19(14-16)24-23(17(2)27-21-8-5-9-22(28)25(21)24)26(29)31-15-18-10-12-20(30-3)13-11-18/h4,6-7,10-14,23-24,27H,2,5,8-9,15H2,1,3H3. The maximum absolute atomic E-state index is 13.3. The lowest BCUT2D eigenvalue weighted by Crippen LogP contribution is -2.41. The monoisotopic (exact) mass is 417 g/mol. The predicted molar refractivity (Wildman–Crippen MR) is 118 cm³/mol. The number of ketones is 1. The van der Waals surface area contributed by atoms with Gasteiger partial charge in [-0.25, -0.2) is 0 Å². The number of Topliss-reactive ketones (excluding diaryl/α,β-unsaturated/α-hetero) is 1. The fourth-order valence-electron chi connectivity index (χ4n) is 4.46. The van der Waals surface area contributed by atoms with Crippen molar-refractivity contribution in [2.24, 2.45) is 5.92 Å². The predicted octanol–water partition coefficient (Wildman–Crippen LogP) is 4.57. The first-order valence-corrected chi connectivity index (χ1v) is 10.6. The van der Waals surface area contributed by atoms with Gasteiger partial charge in [0.2, 0.25) is 0 Å². The highest BCUT2D eigenvalue weighted by molar-refractivity contribution is 6.00. The van der Waals surface area contributed by atoms with Crippen LogP contribution in [0.15, 0.2) is 72.1 Å². The summed E-state index contributed by atoms with van der Waals surface area (Å²) in [5.41, 5.74) is 5.07. The van der Waals surface area contributed by atoms with Crippen molar-refractivity contribution >= 4 is 11.8 Å². The smallest absolute Gasteiger partial charge is 0.316 e. The first-order chi connectivity index (χ1) is 15.0. The van der Waals surface area contributed by atoms with Gasteiger partial charge in [0.05, 0.1) is 7.11 Å². The summed E-state index contributed by atoms with van der Waals surface area (Å²) in [6, 6.07) is 15.4. The van der Waals surface area contributed by atoms with Gasteiger partial charge in [-0.3, -0.25) is 9.59 Å². The van der Waals surface area contributed by atoms with Crippen molar-refractivity contribution in [1.82, 2.24) is 5.32 Å². The van der Waals surface area contributed by atoms with Gasteiger partial charge >= 0.3 is 5.97 Å². The van der Waals surface area contributed by atoms with E-state index in [1.807, 2.05) is 55.5 Å². The van der Waals surface area contributed by atoms with Crippen LogP contribution in [-0.4, -0.2) is 18.9 Å². The van der Waals surface area contributed by atoms with Crippen molar-refractivity contribution < 1.29 is 19.1 Å². The Bertz CT molecular complexity index is 1050. The second-order valence-electron chi connectivity index (χ2n) is 8.14. The van der Waals surface area contributed by atoms with Gasteiger partial charge in [-0.15, -0.1) is 0 Å². The molecule has 5 heteroatoms. The average molecular weight is 418 g/mol. The highest BCUT2D eigenvalue weighted by atomic mass is 16.5. The molecular weight excluding hydrogens is 390 g/mol. The first-order valence-electron chi connectivity index (χ1n) is 10.6. The second-order valence-corrected chi connectivity index (χ2v) is 8.14. The molecule has 1 heterocycles. The molecule has 160 valence electrons. The highest BCUT2D eigenvalue weighted by Crippen LogP contribution is 2.44. The average Bonchev–Trinajstić information content (AvgIpc) is 2.77. The Morgan fingerprint density at radius 3 is 2.65 bits per heavy atom. The molecule has 2 unspecified atom stereocenters. The lowest BCUT2D eigenvalue weighted by molar-refractivity contribution is -0.149. The molecule has 0 saturated carbocycles. The molecule has 1 aliphatic heterocycles. The fraction of sp³-hybridized carbons (Fsp3) is 0.308. The van der Waals surface area contributed by atoms with E-state index in [-0.39, 0.29) is 24.3 Å². The number of ether oxygens (including phenoxy) is 2. The molecule has 1 N–H and O–H groups in total. The number of carbonyl (C=O) groups is 2. The lowest BCUT2D eigenvalue weighted by Gasteiger charge is -2.38. The summed E-state index contributed by atoms with van der Waals surface area (Å²) in [5, 5.41) is 3.25. The third kappa shape index (κ3) is 4.26. The number of esters is 1. The van der Waals surface area contributed by atoms with Crippen LogP contribution in [0.4, 0.5) is 0 Å². The molecule has 4 rings (SSSR count). The van der Waals surface area contributed by atoms with Crippen molar-refractivity contribution in [3.8, 4) is 5.75 Å². The minimum Gasteiger partial charge on any atom is -0.497 e. The normalized spacial score (nSPS) is 20.7. The zero-order valence-corrected chi connectivity index (χ0v) is 17.9. The quantitative estimate of drug-likeness (QED) is 0.722. The van der Waals surface area contributed by atoms with Crippen LogP contribution in [0, 0.1) is 12.8 Å². The van der Waals surface area contributed by atoms with Crippen molar-refractivity contribution in [2.75, 3.05) is 7.11 Å². The molecular formula is C26H27NO4. The molecule has 2 atom stereocenters. The zero-order chi connectivity index (χ0) is 22.0. The number of aryl methyl sites for hydroxylation is 1. The van der Waals surface area contributed by atoms with Crippen LogP contribution in [0.3, 0.4) is 0 Å². The number of allylic oxidation sites excluding steroid dienone is 2. The van der Waals surface area contributed by atoms with Crippen LogP contribution in [0.5, 0.6) is 5.75 Å². The van der Waals surface area contributed by atoms with Crippen molar-refractivity contribution in [1.29, 1.82) is 0 Å². The number of carbonyl (C=O) groups excluding carboxylic acids is 2. The van der Waals surface area contributed by atoms with E-state index in [2.05, 4.69) is 11.9 Å². The number of hydrogen-bond acceptors (Lipinski definition) is 5. The van der Waals surface area contributed by atoms with E-state index in [0.29, 0.717) is 17.7 Å². The molecule has 5 nitrogen and oxygen atoms in total. The van der Waals surface area contributed by atoms with Crippen LogP contribution in [0.2, 0.25) is 0 Å². The molecule has 0 aromatic heterocycles. The van der Waals surface area contributed by atoms with Crippen LogP contribution in [0.1, 0.15) is 41.9 Å². The third-order valence-corrected chi connectivity index (χ3v) is 5.98. The first kappa shape index (κ1) is 20.9. The van der Waals surface area contributed by atoms with E-state index < -0.39 is 5.92 Å². The molecule has 2 aliphatic rings. The van der Waals surface area contributed by atoms with Gasteiger partial charge < -0.3 is 14.8 Å². The largest absolute Gasteiger partial charge is 0.497 e. The molecule has 2 aromatic carbocycles. The van der Waals surface area contributed by atoms with Gasteiger partial charge in [-0.2, -0.15) is 0 Å². The Hall–Kier alpha value is -3.34. The molecule has 2 aromatic rings.